The minimum atomic E-state index is -0.119. The van der Waals surface area contributed by atoms with Gasteiger partial charge in [0.15, 0.2) is 0 Å². The van der Waals surface area contributed by atoms with Crippen molar-refractivity contribution in [2.45, 2.75) is 52.9 Å². The fourth-order valence-electron chi connectivity index (χ4n) is 3.83. The summed E-state index contributed by atoms with van der Waals surface area (Å²) < 4.78 is 0. The number of nitrogens with zero attached hydrogens (tertiary/aromatic N) is 2. The Morgan fingerprint density at radius 3 is 2.36 bits per heavy atom. The maximum Gasteiger partial charge on any atom is 0.277 e. The molecule has 0 unspecified atom stereocenters. The Balaban J connectivity index is 2.07. The van der Waals surface area contributed by atoms with Gasteiger partial charge in [0, 0.05) is 19.6 Å². The minimum Gasteiger partial charge on any atom is -0.366 e. The standard InChI is InChI=1S/C21H28N2O2/c1-4-5-13-23-20(24)18(17-10-9-15(2)14-16(17)3)19(21(23)25)22-11-7-6-8-12-22/h9-10,14H,4-8,11-13H2,1-3H3. The predicted octanol–water partition coefficient (Wildman–Crippen LogP) is 3.67. The lowest BCUT2D eigenvalue weighted by Crippen LogP contribution is -2.37. The number of rotatable bonds is 5. The van der Waals surface area contributed by atoms with Crippen LogP contribution in [0, 0.1) is 13.8 Å². The maximum atomic E-state index is 13.1. The fourth-order valence-corrected chi connectivity index (χ4v) is 3.83. The van der Waals surface area contributed by atoms with Gasteiger partial charge in [-0.25, -0.2) is 0 Å². The van der Waals surface area contributed by atoms with Gasteiger partial charge >= 0.3 is 0 Å². The van der Waals surface area contributed by atoms with Gasteiger partial charge in [0.2, 0.25) is 0 Å². The van der Waals surface area contributed by atoms with Crippen LogP contribution in [0.2, 0.25) is 0 Å². The van der Waals surface area contributed by atoms with E-state index in [4.69, 9.17) is 0 Å². The smallest absolute Gasteiger partial charge is 0.277 e. The van der Waals surface area contributed by atoms with Gasteiger partial charge in [0.25, 0.3) is 11.8 Å². The van der Waals surface area contributed by atoms with E-state index in [1.54, 1.807) is 0 Å². The summed E-state index contributed by atoms with van der Waals surface area (Å²) in [6, 6.07) is 6.11. The summed E-state index contributed by atoms with van der Waals surface area (Å²) in [6.45, 7) is 8.39. The predicted molar refractivity (Wildman–Crippen MR) is 99.9 cm³/mol. The average molecular weight is 340 g/mol. The molecule has 4 heteroatoms. The maximum absolute atomic E-state index is 13.1. The molecular formula is C21H28N2O2. The summed E-state index contributed by atoms with van der Waals surface area (Å²) in [5, 5.41) is 0. The van der Waals surface area contributed by atoms with Gasteiger partial charge < -0.3 is 4.90 Å². The second kappa shape index (κ2) is 7.42. The Kier molecular flexibility index (Phi) is 5.26. The van der Waals surface area contributed by atoms with Crippen molar-refractivity contribution in [2.24, 2.45) is 0 Å². The Morgan fingerprint density at radius 2 is 1.72 bits per heavy atom. The minimum absolute atomic E-state index is 0.102. The number of imide groups is 1. The first-order valence-electron chi connectivity index (χ1n) is 9.47. The Hall–Kier alpha value is -2.10. The molecule has 1 saturated heterocycles. The van der Waals surface area contributed by atoms with E-state index in [2.05, 4.69) is 17.9 Å². The third-order valence-corrected chi connectivity index (χ3v) is 5.20. The highest BCUT2D eigenvalue weighted by Crippen LogP contribution is 2.34. The summed E-state index contributed by atoms with van der Waals surface area (Å²) in [6.07, 6.45) is 5.18. The molecule has 1 aromatic carbocycles. The van der Waals surface area contributed by atoms with Crippen molar-refractivity contribution >= 4 is 17.4 Å². The van der Waals surface area contributed by atoms with Gasteiger partial charge in [-0.1, -0.05) is 37.1 Å². The number of likely N-dealkylation sites (tertiary alicyclic amines) is 1. The Morgan fingerprint density at radius 1 is 1.00 bits per heavy atom. The van der Waals surface area contributed by atoms with Gasteiger partial charge in [-0.3, -0.25) is 14.5 Å². The van der Waals surface area contributed by atoms with Crippen molar-refractivity contribution in [3.05, 3.63) is 40.6 Å². The van der Waals surface area contributed by atoms with Crippen molar-refractivity contribution in [1.82, 2.24) is 9.80 Å². The number of piperidine rings is 1. The van der Waals surface area contributed by atoms with Crippen LogP contribution >= 0.6 is 0 Å². The molecule has 0 saturated carbocycles. The zero-order chi connectivity index (χ0) is 18.0. The van der Waals surface area contributed by atoms with Gasteiger partial charge in [-0.05, 0) is 50.7 Å². The van der Waals surface area contributed by atoms with E-state index in [0.29, 0.717) is 17.8 Å². The number of benzene rings is 1. The molecule has 0 spiro atoms. The van der Waals surface area contributed by atoms with E-state index in [0.717, 1.165) is 49.9 Å². The first-order valence-corrected chi connectivity index (χ1v) is 9.47. The largest absolute Gasteiger partial charge is 0.366 e. The second-order valence-corrected chi connectivity index (χ2v) is 7.21. The molecule has 0 atom stereocenters. The van der Waals surface area contributed by atoms with E-state index in [1.165, 1.54) is 16.9 Å². The average Bonchev–Trinajstić information content (AvgIpc) is 2.84. The van der Waals surface area contributed by atoms with Crippen molar-refractivity contribution < 1.29 is 9.59 Å². The molecule has 134 valence electrons. The fraction of sp³-hybridized carbons (Fsp3) is 0.524. The highest BCUT2D eigenvalue weighted by Gasteiger charge is 2.41. The van der Waals surface area contributed by atoms with Gasteiger partial charge in [-0.2, -0.15) is 0 Å². The molecule has 0 aliphatic carbocycles. The summed E-state index contributed by atoms with van der Waals surface area (Å²) in [5.74, 6) is -0.221. The third-order valence-electron chi connectivity index (χ3n) is 5.20. The molecular weight excluding hydrogens is 312 g/mol. The molecule has 2 amide bonds. The Labute approximate surface area is 150 Å². The molecule has 0 aromatic heterocycles. The molecule has 3 rings (SSSR count). The molecule has 25 heavy (non-hydrogen) atoms. The van der Waals surface area contributed by atoms with Crippen molar-refractivity contribution in [2.75, 3.05) is 19.6 Å². The third kappa shape index (κ3) is 3.35. The van der Waals surface area contributed by atoms with Crippen LogP contribution in [0.4, 0.5) is 0 Å². The monoisotopic (exact) mass is 340 g/mol. The van der Waals surface area contributed by atoms with Crippen LogP contribution in [0.5, 0.6) is 0 Å². The van der Waals surface area contributed by atoms with Gasteiger partial charge in [-0.15, -0.1) is 0 Å². The van der Waals surface area contributed by atoms with E-state index in [-0.39, 0.29) is 11.8 Å². The summed E-state index contributed by atoms with van der Waals surface area (Å²) in [5.41, 5.74) is 4.38. The summed E-state index contributed by atoms with van der Waals surface area (Å²) in [4.78, 5) is 29.8. The van der Waals surface area contributed by atoms with Crippen LogP contribution in [-0.2, 0) is 9.59 Å². The van der Waals surface area contributed by atoms with Crippen molar-refractivity contribution in [1.29, 1.82) is 0 Å². The molecule has 0 N–H and O–H groups in total. The van der Waals surface area contributed by atoms with Crippen LogP contribution in [-0.4, -0.2) is 41.2 Å². The summed E-state index contributed by atoms with van der Waals surface area (Å²) in [7, 11) is 0. The number of carbonyl (C=O) groups excluding carboxylic acids is 2. The highest BCUT2D eigenvalue weighted by molar-refractivity contribution is 6.35. The summed E-state index contributed by atoms with van der Waals surface area (Å²) >= 11 is 0. The normalized spacial score (nSPS) is 18.5. The topological polar surface area (TPSA) is 40.6 Å². The molecule has 2 aliphatic heterocycles. The van der Waals surface area contributed by atoms with E-state index < -0.39 is 0 Å². The Bertz CT molecular complexity index is 715. The van der Waals surface area contributed by atoms with Crippen LogP contribution in [0.25, 0.3) is 5.57 Å². The number of hydrogen-bond donors (Lipinski definition) is 0. The SMILES string of the molecule is CCCCN1C(=O)C(c2ccc(C)cc2C)=C(N2CCCCC2)C1=O. The number of amides is 2. The molecule has 1 fully saturated rings. The first-order chi connectivity index (χ1) is 12.0. The molecule has 2 heterocycles. The zero-order valence-corrected chi connectivity index (χ0v) is 15.6. The van der Waals surface area contributed by atoms with Crippen LogP contribution in [0.3, 0.4) is 0 Å². The first kappa shape index (κ1) is 17.7. The number of unbranched alkanes of at least 4 members (excludes halogenated alkanes) is 1. The lowest BCUT2D eigenvalue weighted by Gasteiger charge is -2.29. The molecule has 2 aliphatic rings. The lowest BCUT2D eigenvalue weighted by molar-refractivity contribution is -0.137. The second-order valence-electron chi connectivity index (χ2n) is 7.21. The highest BCUT2D eigenvalue weighted by atomic mass is 16.2. The van der Waals surface area contributed by atoms with Crippen molar-refractivity contribution in [3.8, 4) is 0 Å². The van der Waals surface area contributed by atoms with E-state index in [9.17, 15) is 9.59 Å². The zero-order valence-electron chi connectivity index (χ0n) is 15.6. The van der Waals surface area contributed by atoms with Crippen LogP contribution in [0.1, 0.15) is 55.7 Å². The molecule has 0 bridgehead atoms. The van der Waals surface area contributed by atoms with E-state index in [1.807, 2.05) is 26.0 Å². The number of hydrogen-bond acceptors (Lipinski definition) is 3. The molecule has 1 aromatic rings. The van der Waals surface area contributed by atoms with Crippen LogP contribution < -0.4 is 0 Å². The number of carbonyl (C=O) groups is 2. The quantitative estimate of drug-likeness (QED) is 0.768. The molecule has 4 nitrogen and oxygen atoms in total. The van der Waals surface area contributed by atoms with E-state index >= 15 is 0 Å². The number of aryl methyl sites for hydroxylation is 2. The van der Waals surface area contributed by atoms with Crippen molar-refractivity contribution in [3.63, 3.8) is 0 Å². The molecule has 0 radical (unpaired) electrons. The lowest BCUT2D eigenvalue weighted by atomic mass is 9.97. The van der Waals surface area contributed by atoms with Gasteiger partial charge in [0.1, 0.15) is 5.70 Å². The van der Waals surface area contributed by atoms with Gasteiger partial charge in [0.05, 0.1) is 5.57 Å². The van der Waals surface area contributed by atoms with Crippen LogP contribution in [0.15, 0.2) is 23.9 Å².